The Balaban J connectivity index is 1.38. The summed E-state index contributed by atoms with van der Waals surface area (Å²) in [7, 11) is 0. The number of rotatable bonds is 5. The van der Waals surface area contributed by atoms with Crippen LogP contribution in [0.1, 0.15) is 50.5 Å². The van der Waals surface area contributed by atoms with E-state index in [1.807, 2.05) is 24.3 Å². The second kappa shape index (κ2) is 7.26. The van der Waals surface area contributed by atoms with Gasteiger partial charge >= 0.3 is 0 Å². The standard InChI is InChI=1S/C20H27ClN2O2/c21-15-4-2-14(3-5-15)20(10-1-11-20)19(24)23-18-7-6-17(18)22-16-8-12-25-13-9-16/h2-5,16-18,22H,1,6-13H2,(H,23,24)/t17-,18+/m1/s1. The predicted octanol–water partition coefficient (Wildman–Crippen LogP) is 3.18. The molecule has 3 aliphatic rings. The van der Waals surface area contributed by atoms with Crippen LogP contribution in [0, 0.1) is 0 Å². The molecular formula is C20H27ClN2O2. The Morgan fingerprint density at radius 2 is 1.72 bits per heavy atom. The first-order valence-corrected chi connectivity index (χ1v) is 9.96. The first-order chi connectivity index (χ1) is 12.2. The van der Waals surface area contributed by atoms with E-state index in [0.29, 0.717) is 12.1 Å². The van der Waals surface area contributed by atoms with Gasteiger partial charge in [0.25, 0.3) is 0 Å². The molecule has 1 amide bonds. The molecule has 2 aliphatic carbocycles. The number of ether oxygens (including phenoxy) is 1. The summed E-state index contributed by atoms with van der Waals surface area (Å²) in [6, 6.07) is 9.02. The smallest absolute Gasteiger partial charge is 0.230 e. The molecule has 2 N–H and O–H groups in total. The van der Waals surface area contributed by atoms with Crippen LogP contribution in [0.2, 0.25) is 5.02 Å². The lowest BCUT2D eigenvalue weighted by atomic mass is 9.63. The van der Waals surface area contributed by atoms with E-state index in [0.717, 1.165) is 68.7 Å². The highest BCUT2D eigenvalue weighted by molar-refractivity contribution is 6.30. The summed E-state index contributed by atoms with van der Waals surface area (Å²) in [5.41, 5.74) is 0.762. The van der Waals surface area contributed by atoms with Gasteiger partial charge in [0.2, 0.25) is 5.91 Å². The lowest BCUT2D eigenvalue weighted by molar-refractivity contribution is -0.131. The fraction of sp³-hybridized carbons (Fsp3) is 0.650. The van der Waals surface area contributed by atoms with E-state index in [4.69, 9.17) is 16.3 Å². The maximum Gasteiger partial charge on any atom is 0.230 e. The molecule has 2 atom stereocenters. The highest BCUT2D eigenvalue weighted by Gasteiger charge is 2.47. The molecule has 2 saturated carbocycles. The number of amides is 1. The summed E-state index contributed by atoms with van der Waals surface area (Å²) >= 11 is 6.01. The molecule has 136 valence electrons. The first kappa shape index (κ1) is 17.3. The Kier molecular flexibility index (Phi) is 5.03. The van der Waals surface area contributed by atoms with Crippen LogP contribution in [0.5, 0.6) is 0 Å². The van der Waals surface area contributed by atoms with Gasteiger partial charge in [0, 0.05) is 36.4 Å². The number of benzene rings is 1. The molecule has 0 unspecified atom stereocenters. The van der Waals surface area contributed by atoms with Crippen molar-refractivity contribution in [3.63, 3.8) is 0 Å². The summed E-state index contributed by atoms with van der Waals surface area (Å²) < 4.78 is 5.43. The van der Waals surface area contributed by atoms with Gasteiger partial charge in [0.05, 0.1) is 5.41 Å². The van der Waals surface area contributed by atoms with Crippen molar-refractivity contribution in [2.24, 2.45) is 0 Å². The molecule has 0 radical (unpaired) electrons. The molecule has 25 heavy (non-hydrogen) atoms. The number of halogens is 1. The molecule has 4 rings (SSSR count). The summed E-state index contributed by atoms with van der Waals surface area (Å²) in [6.07, 6.45) is 7.36. The van der Waals surface area contributed by atoms with Gasteiger partial charge in [-0.15, -0.1) is 0 Å². The topological polar surface area (TPSA) is 50.4 Å². The van der Waals surface area contributed by atoms with Gasteiger partial charge in [0.1, 0.15) is 0 Å². The van der Waals surface area contributed by atoms with E-state index < -0.39 is 0 Å². The molecule has 1 aliphatic heterocycles. The van der Waals surface area contributed by atoms with Crippen LogP contribution < -0.4 is 10.6 Å². The molecule has 4 nitrogen and oxygen atoms in total. The third-order valence-electron chi connectivity index (χ3n) is 6.30. The van der Waals surface area contributed by atoms with E-state index in [1.54, 1.807) is 0 Å². The maximum atomic E-state index is 13.1. The van der Waals surface area contributed by atoms with Crippen LogP contribution in [0.3, 0.4) is 0 Å². The summed E-state index contributed by atoms with van der Waals surface area (Å²) in [6.45, 7) is 1.70. The molecule has 0 aromatic heterocycles. The molecule has 1 saturated heterocycles. The Bertz CT molecular complexity index is 609. The van der Waals surface area contributed by atoms with Gasteiger partial charge in [0.15, 0.2) is 0 Å². The van der Waals surface area contributed by atoms with Crippen molar-refractivity contribution < 1.29 is 9.53 Å². The van der Waals surface area contributed by atoms with Crippen LogP contribution >= 0.6 is 11.6 Å². The Morgan fingerprint density at radius 1 is 1.04 bits per heavy atom. The minimum Gasteiger partial charge on any atom is -0.381 e. The average Bonchev–Trinajstić information content (AvgIpc) is 2.58. The molecule has 0 bridgehead atoms. The second-order valence-corrected chi connectivity index (χ2v) is 8.20. The van der Waals surface area contributed by atoms with Crippen molar-refractivity contribution in [1.82, 2.24) is 10.6 Å². The van der Waals surface area contributed by atoms with Crippen LogP contribution in [0.4, 0.5) is 0 Å². The zero-order valence-electron chi connectivity index (χ0n) is 14.6. The summed E-state index contributed by atoms with van der Waals surface area (Å²) in [4.78, 5) is 13.1. The Hall–Kier alpha value is -1.10. The number of hydrogen-bond acceptors (Lipinski definition) is 3. The van der Waals surface area contributed by atoms with Gasteiger partial charge in [-0.3, -0.25) is 4.79 Å². The predicted molar refractivity (Wildman–Crippen MR) is 98.9 cm³/mol. The fourth-order valence-corrected chi connectivity index (χ4v) is 4.42. The summed E-state index contributed by atoms with van der Waals surface area (Å²) in [5.74, 6) is 0.199. The third-order valence-corrected chi connectivity index (χ3v) is 6.55. The van der Waals surface area contributed by atoms with Gasteiger partial charge in [-0.05, 0) is 56.2 Å². The lowest BCUT2D eigenvalue weighted by Crippen LogP contribution is -2.62. The SMILES string of the molecule is O=C(N[C@H]1CC[C@H]1NC1CCOCC1)C1(c2ccc(Cl)cc2)CCC1. The van der Waals surface area contributed by atoms with Crippen molar-refractivity contribution in [3.8, 4) is 0 Å². The number of hydrogen-bond donors (Lipinski definition) is 2. The largest absolute Gasteiger partial charge is 0.381 e. The van der Waals surface area contributed by atoms with Crippen LogP contribution in [-0.4, -0.2) is 37.2 Å². The summed E-state index contributed by atoms with van der Waals surface area (Å²) in [5, 5.41) is 7.80. The van der Waals surface area contributed by atoms with Crippen molar-refractivity contribution in [1.29, 1.82) is 0 Å². The van der Waals surface area contributed by atoms with E-state index >= 15 is 0 Å². The molecule has 5 heteroatoms. The van der Waals surface area contributed by atoms with Crippen LogP contribution in [0.15, 0.2) is 24.3 Å². The van der Waals surface area contributed by atoms with Crippen molar-refractivity contribution in [2.45, 2.75) is 68.5 Å². The quantitative estimate of drug-likeness (QED) is 0.845. The maximum absolute atomic E-state index is 13.1. The highest BCUT2D eigenvalue weighted by atomic mass is 35.5. The van der Waals surface area contributed by atoms with Crippen LogP contribution in [-0.2, 0) is 14.9 Å². The Labute approximate surface area is 154 Å². The minimum absolute atomic E-state index is 0.199. The lowest BCUT2D eigenvalue weighted by Gasteiger charge is -2.46. The zero-order valence-corrected chi connectivity index (χ0v) is 15.4. The molecule has 3 fully saturated rings. The monoisotopic (exact) mass is 362 g/mol. The van der Waals surface area contributed by atoms with Gasteiger partial charge in [-0.1, -0.05) is 30.2 Å². The zero-order chi connectivity index (χ0) is 17.3. The van der Waals surface area contributed by atoms with Gasteiger partial charge in [-0.25, -0.2) is 0 Å². The van der Waals surface area contributed by atoms with E-state index in [9.17, 15) is 4.79 Å². The minimum atomic E-state index is -0.344. The average molecular weight is 363 g/mol. The Morgan fingerprint density at radius 3 is 2.28 bits per heavy atom. The van der Waals surface area contributed by atoms with Gasteiger partial charge < -0.3 is 15.4 Å². The van der Waals surface area contributed by atoms with E-state index in [2.05, 4.69) is 10.6 Å². The number of carbonyl (C=O) groups excluding carboxylic acids is 1. The third kappa shape index (κ3) is 3.44. The molecule has 1 heterocycles. The van der Waals surface area contributed by atoms with E-state index in [-0.39, 0.29) is 17.4 Å². The highest BCUT2D eigenvalue weighted by Crippen LogP contribution is 2.44. The van der Waals surface area contributed by atoms with Crippen molar-refractivity contribution >= 4 is 17.5 Å². The second-order valence-electron chi connectivity index (χ2n) is 7.76. The number of carbonyl (C=O) groups is 1. The van der Waals surface area contributed by atoms with Crippen LogP contribution in [0.25, 0.3) is 0 Å². The molecule has 1 aromatic carbocycles. The molecule has 0 spiro atoms. The molecule has 1 aromatic rings. The fourth-order valence-electron chi connectivity index (χ4n) is 4.29. The first-order valence-electron chi connectivity index (χ1n) is 9.58. The van der Waals surface area contributed by atoms with E-state index in [1.165, 1.54) is 0 Å². The van der Waals surface area contributed by atoms with Crippen molar-refractivity contribution in [2.75, 3.05) is 13.2 Å². The van der Waals surface area contributed by atoms with Gasteiger partial charge in [-0.2, -0.15) is 0 Å². The normalized spacial score (nSPS) is 28.7. The van der Waals surface area contributed by atoms with Crippen molar-refractivity contribution in [3.05, 3.63) is 34.9 Å². The number of nitrogens with one attached hydrogen (secondary N) is 2. The molecular weight excluding hydrogens is 336 g/mol.